The third-order valence-corrected chi connectivity index (χ3v) is 3.52. The summed E-state index contributed by atoms with van der Waals surface area (Å²) in [6, 6.07) is 8.39. The van der Waals surface area contributed by atoms with Gasteiger partial charge < -0.3 is 4.74 Å². The average molecular weight is 299 g/mol. The van der Waals surface area contributed by atoms with Crippen LogP contribution in [0.5, 0.6) is 5.88 Å². The largest absolute Gasteiger partial charge is 0.471 e. The second-order valence-corrected chi connectivity index (χ2v) is 5.44. The molecule has 0 saturated heterocycles. The van der Waals surface area contributed by atoms with Crippen LogP contribution >= 0.6 is 0 Å². The number of nitrogens with zero attached hydrogens (tertiary/aromatic N) is 4. The van der Waals surface area contributed by atoms with Crippen LogP contribution in [0.2, 0.25) is 0 Å². The fourth-order valence-corrected chi connectivity index (χ4v) is 2.34. The Morgan fingerprint density at radius 3 is 2.82 bits per heavy atom. The van der Waals surface area contributed by atoms with Crippen molar-refractivity contribution in [2.45, 2.75) is 6.61 Å². The molecule has 0 amide bonds. The Labute approximate surface area is 127 Å². The van der Waals surface area contributed by atoms with E-state index in [1.807, 2.05) is 20.2 Å². The van der Waals surface area contributed by atoms with E-state index >= 15 is 0 Å². The van der Waals surface area contributed by atoms with E-state index in [9.17, 15) is 10.1 Å². The van der Waals surface area contributed by atoms with E-state index in [-0.39, 0.29) is 12.3 Å². The van der Waals surface area contributed by atoms with Crippen molar-refractivity contribution in [1.82, 2.24) is 9.47 Å². The molecular formula is C15H15N4O3+. The van der Waals surface area contributed by atoms with E-state index in [4.69, 9.17) is 4.74 Å². The van der Waals surface area contributed by atoms with Crippen LogP contribution < -0.4 is 9.22 Å². The molecule has 1 aromatic carbocycles. The Hall–Kier alpha value is -2.80. The van der Waals surface area contributed by atoms with Crippen molar-refractivity contribution in [2.75, 3.05) is 14.1 Å². The van der Waals surface area contributed by atoms with Gasteiger partial charge >= 0.3 is 0 Å². The van der Waals surface area contributed by atoms with E-state index in [0.717, 1.165) is 5.69 Å². The highest BCUT2D eigenvalue weighted by Crippen LogP contribution is 2.41. The molecule has 1 aliphatic heterocycles. The van der Waals surface area contributed by atoms with Gasteiger partial charge in [-0.2, -0.15) is 4.99 Å². The minimum atomic E-state index is -0.417. The van der Waals surface area contributed by atoms with E-state index in [1.165, 1.54) is 6.07 Å². The van der Waals surface area contributed by atoms with Crippen molar-refractivity contribution in [3.8, 4) is 5.88 Å². The summed E-state index contributed by atoms with van der Waals surface area (Å²) in [7, 11) is 4.00. The highest BCUT2D eigenvalue weighted by atomic mass is 16.6. The van der Waals surface area contributed by atoms with Gasteiger partial charge in [-0.1, -0.05) is 12.1 Å². The maximum absolute atomic E-state index is 11.0. The standard InChI is InChI=1S/C15H15N4O3/c1-19(2)10-17-14-13(19)7-8-16-15(14)22-9-11-5-3-4-6-12(11)18(20)21/h3-8,10H,9H2,1-2H3/q+1. The third kappa shape index (κ3) is 2.42. The molecule has 1 aliphatic rings. The minimum Gasteiger partial charge on any atom is -0.471 e. The molecule has 0 fully saturated rings. The number of nitro benzene ring substituents is 1. The summed E-state index contributed by atoms with van der Waals surface area (Å²) in [4.78, 5) is 19.1. The zero-order valence-corrected chi connectivity index (χ0v) is 12.3. The van der Waals surface area contributed by atoms with Crippen molar-refractivity contribution in [2.24, 2.45) is 4.99 Å². The fraction of sp³-hybridized carbons (Fsp3) is 0.200. The van der Waals surface area contributed by atoms with Crippen LogP contribution in [0.1, 0.15) is 5.56 Å². The Kier molecular flexibility index (Phi) is 3.34. The van der Waals surface area contributed by atoms with Crippen molar-refractivity contribution in [1.29, 1.82) is 0 Å². The lowest BCUT2D eigenvalue weighted by Crippen LogP contribution is -2.36. The summed E-state index contributed by atoms with van der Waals surface area (Å²) < 4.78 is 6.19. The van der Waals surface area contributed by atoms with E-state index in [0.29, 0.717) is 21.6 Å². The number of nitro groups is 1. The van der Waals surface area contributed by atoms with Crippen LogP contribution in [0, 0.1) is 10.1 Å². The van der Waals surface area contributed by atoms with Gasteiger partial charge in [0.15, 0.2) is 17.7 Å². The number of hydrogen-bond acceptors (Lipinski definition) is 5. The number of aromatic nitrogens is 1. The number of benzene rings is 1. The number of fused-ring (bicyclic) bond motifs is 1. The van der Waals surface area contributed by atoms with Crippen molar-refractivity contribution >= 4 is 23.4 Å². The van der Waals surface area contributed by atoms with Crippen molar-refractivity contribution < 1.29 is 9.66 Å². The molecule has 22 heavy (non-hydrogen) atoms. The summed E-state index contributed by atoms with van der Waals surface area (Å²) >= 11 is 0. The molecule has 7 nitrogen and oxygen atoms in total. The van der Waals surface area contributed by atoms with Crippen molar-refractivity contribution in [3.63, 3.8) is 0 Å². The molecule has 0 unspecified atom stereocenters. The summed E-state index contributed by atoms with van der Waals surface area (Å²) in [5, 5.41) is 11.0. The van der Waals surface area contributed by atoms with Crippen LogP contribution in [0.4, 0.5) is 17.1 Å². The van der Waals surface area contributed by atoms with Gasteiger partial charge in [0.1, 0.15) is 6.61 Å². The van der Waals surface area contributed by atoms with Crippen LogP contribution in [-0.2, 0) is 6.61 Å². The molecule has 0 saturated carbocycles. The quantitative estimate of drug-likeness (QED) is 0.494. The Morgan fingerprint density at radius 2 is 2.05 bits per heavy atom. The molecule has 0 aliphatic carbocycles. The van der Waals surface area contributed by atoms with Gasteiger partial charge in [-0.15, -0.1) is 0 Å². The topological polar surface area (TPSA) is 77.6 Å². The van der Waals surface area contributed by atoms with E-state index < -0.39 is 4.92 Å². The highest BCUT2D eigenvalue weighted by Gasteiger charge is 2.30. The number of hydrogen-bond donors (Lipinski definition) is 0. The van der Waals surface area contributed by atoms with Gasteiger partial charge in [0.25, 0.3) is 5.69 Å². The average Bonchev–Trinajstić information content (AvgIpc) is 2.81. The summed E-state index contributed by atoms with van der Waals surface area (Å²) in [5.74, 6) is 0.385. The van der Waals surface area contributed by atoms with Crippen LogP contribution in [0.25, 0.3) is 0 Å². The molecule has 2 aromatic rings. The van der Waals surface area contributed by atoms with Crippen molar-refractivity contribution in [3.05, 3.63) is 52.2 Å². The zero-order valence-electron chi connectivity index (χ0n) is 12.3. The number of ether oxygens (including phenoxy) is 1. The Balaban J connectivity index is 1.87. The van der Waals surface area contributed by atoms with Crippen LogP contribution in [0.15, 0.2) is 41.5 Å². The normalized spacial score (nSPS) is 14.6. The minimum absolute atomic E-state index is 0.0367. The monoisotopic (exact) mass is 299 g/mol. The summed E-state index contributed by atoms with van der Waals surface area (Å²) in [5.41, 5.74) is 2.19. The first kappa shape index (κ1) is 14.2. The van der Waals surface area contributed by atoms with E-state index in [1.54, 1.807) is 30.7 Å². The van der Waals surface area contributed by atoms with Crippen LogP contribution in [-0.4, -0.2) is 30.3 Å². The molecule has 0 N–H and O–H groups in total. The smallest absolute Gasteiger partial charge is 0.276 e. The summed E-state index contributed by atoms with van der Waals surface area (Å²) in [6.45, 7) is 0.0730. The molecule has 0 spiro atoms. The first-order valence-electron chi connectivity index (χ1n) is 6.72. The number of para-hydroxylation sites is 1. The number of quaternary nitrogens is 1. The molecule has 1 aromatic heterocycles. The zero-order chi connectivity index (χ0) is 15.7. The third-order valence-electron chi connectivity index (χ3n) is 3.52. The predicted molar refractivity (Wildman–Crippen MR) is 83.5 cm³/mol. The van der Waals surface area contributed by atoms with Gasteiger partial charge in [-0.25, -0.2) is 4.98 Å². The van der Waals surface area contributed by atoms with Crippen LogP contribution in [0.3, 0.4) is 0 Å². The lowest BCUT2D eigenvalue weighted by atomic mass is 10.2. The maximum Gasteiger partial charge on any atom is 0.276 e. The molecule has 2 heterocycles. The first-order valence-corrected chi connectivity index (χ1v) is 6.72. The molecule has 0 radical (unpaired) electrons. The lowest BCUT2D eigenvalue weighted by Gasteiger charge is -2.19. The van der Waals surface area contributed by atoms with Gasteiger partial charge in [-0.3, -0.25) is 14.6 Å². The molecule has 112 valence electrons. The first-order chi connectivity index (χ1) is 10.5. The number of rotatable bonds is 4. The Morgan fingerprint density at radius 1 is 1.27 bits per heavy atom. The van der Waals surface area contributed by atoms with E-state index in [2.05, 4.69) is 9.98 Å². The molecule has 0 bridgehead atoms. The predicted octanol–water partition coefficient (Wildman–Crippen LogP) is 2.81. The number of aliphatic imine (C=N–C) groups is 1. The summed E-state index contributed by atoms with van der Waals surface area (Å²) in [6.07, 6.45) is 3.45. The second-order valence-electron chi connectivity index (χ2n) is 5.44. The second kappa shape index (κ2) is 5.19. The van der Waals surface area contributed by atoms with Gasteiger partial charge in [0, 0.05) is 18.3 Å². The molecular weight excluding hydrogens is 284 g/mol. The number of pyridine rings is 1. The lowest BCUT2D eigenvalue weighted by molar-refractivity contribution is -0.385. The Bertz CT molecular complexity index is 771. The van der Waals surface area contributed by atoms with Gasteiger partial charge in [-0.05, 0) is 6.07 Å². The highest BCUT2D eigenvalue weighted by molar-refractivity contribution is 5.89. The molecule has 3 rings (SSSR count). The molecule has 0 atom stereocenters. The molecule has 7 heteroatoms. The van der Waals surface area contributed by atoms with Gasteiger partial charge in [0.2, 0.25) is 5.88 Å². The fourth-order valence-electron chi connectivity index (χ4n) is 2.34. The SMILES string of the molecule is C[N+]1(C)C=Nc2c1ccnc2OCc1ccccc1[N+](=O)[O-]. The van der Waals surface area contributed by atoms with Gasteiger partial charge in [0.05, 0.1) is 24.6 Å². The maximum atomic E-state index is 11.0.